The molecule has 1 aliphatic rings. The van der Waals surface area contributed by atoms with E-state index >= 15 is 0 Å². The van der Waals surface area contributed by atoms with E-state index in [1.54, 1.807) is 0 Å². The van der Waals surface area contributed by atoms with Crippen molar-refractivity contribution < 1.29 is 0 Å². The molecule has 0 aliphatic carbocycles. The highest BCUT2D eigenvalue weighted by Crippen LogP contribution is 2.20. The summed E-state index contributed by atoms with van der Waals surface area (Å²) in [5.74, 6) is 0. The zero-order chi connectivity index (χ0) is 13.4. The summed E-state index contributed by atoms with van der Waals surface area (Å²) in [6, 6.07) is 5.56. The summed E-state index contributed by atoms with van der Waals surface area (Å²) >= 11 is 0. The van der Waals surface area contributed by atoms with Crippen LogP contribution in [-0.4, -0.2) is 48.1 Å². The van der Waals surface area contributed by atoms with Gasteiger partial charge in [0.2, 0.25) is 0 Å². The first kappa shape index (κ1) is 15.0. The normalized spacial score (nSPS) is 25.6. The fourth-order valence-electron chi connectivity index (χ4n) is 2.78. The highest BCUT2D eigenvalue weighted by Gasteiger charge is 2.31. The van der Waals surface area contributed by atoms with Gasteiger partial charge in [0.25, 0.3) is 0 Å². The minimum atomic E-state index is 0.542. The molecule has 4 nitrogen and oxygen atoms in total. The highest BCUT2D eigenvalue weighted by atomic mass is 15.3. The standard InChI is InChI=1S/C14H24N4/c1-3-13-11-18(10-6-8-16)14(4-2)12-17(13)9-5-7-15/h13-14H,3-6,9-12H2,1-2H3/t13-,14-/m1/s1. The largest absolute Gasteiger partial charge is 0.297 e. The van der Waals surface area contributed by atoms with Crippen molar-refractivity contribution in [1.82, 2.24) is 9.80 Å². The van der Waals surface area contributed by atoms with Crippen LogP contribution in [0.2, 0.25) is 0 Å². The number of nitrogens with zero attached hydrogens (tertiary/aromatic N) is 4. The lowest BCUT2D eigenvalue weighted by atomic mass is 10.0. The average molecular weight is 248 g/mol. The number of hydrogen-bond acceptors (Lipinski definition) is 4. The van der Waals surface area contributed by atoms with E-state index in [2.05, 4.69) is 35.8 Å². The van der Waals surface area contributed by atoms with Crippen LogP contribution in [0.15, 0.2) is 0 Å². The molecule has 1 fully saturated rings. The Hall–Kier alpha value is -1.10. The Morgan fingerprint density at radius 1 is 0.889 bits per heavy atom. The molecule has 0 radical (unpaired) electrons. The van der Waals surface area contributed by atoms with Crippen LogP contribution >= 0.6 is 0 Å². The Morgan fingerprint density at radius 3 is 1.56 bits per heavy atom. The lowest BCUT2D eigenvalue weighted by Gasteiger charge is -2.46. The van der Waals surface area contributed by atoms with Crippen molar-refractivity contribution in [1.29, 1.82) is 10.5 Å². The Morgan fingerprint density at radius 2 is 1.28 bits per heavy atom. The third-order valence-corrected chi connectivity index (χ3v) is 3.89. The van der Waals surface area contributed by atoms with Gasteiger partial charge in [-0.15, -0.1) is 0 Å². The number of nitriles is 2. The van der Waals surface area contributed by atoms with E-state index in [0.29, 0.717) is 24.9 Å². The molecule has 0 unspecified atom stereocenters. The summed E-state index contributed by atoms with van der Waals surface area (Å²) in [6.07, 6.45) is 3.46. The van der Waals surface area contributed by atoms with Crippen molar-refractivity contribution in [2.45, 2.75) is 51.6 Å². The lowest BCUT2D eigenvalue weighted by Crippen LogP contribution is -2.58. The Balaban J connectivity index is 2.61. The first-order chi connectivity index (χ1) is 8.76. The molecule has 0 amide bonds. The second kappa shape index (κ2) is 8.08. The third-order valence-electron chi connectivity index (χ3n) is 3.89. The molecule has 0 aromatic heterocycles. The molecular weight excluding hydrogens is 224 g/mol. The first-order valence-corrected chi connectivity index (χ1v) is 6.98. The second-order valence-electron chi connectivity index (χ2n) is 4.93. The molecule has 0 aromatic rings. The average Bonchev–Trinajstić information content (AvgIpc) is 2.42. The van der Waals surface area contributed by atoms with Gasteiger partial charge in [0.05, 0.1) is 12.1 Å². The van der Waals surface area contributed by atoms with E-state index in [9.17, 15) is 0 Å². The van der Waals surface area contributed by atoms with Crippen LogP contribution in [-0.2, 0) is 0 Å². The lowest BCUT2D eigenvalue weighted by molar-refractivity contribution is 0.0273. The van der Waals surface area contributed by atoms with E-state index in [1.165, 1.54) is 0 Å². The third kappa shape index (κ3) is 3.98. The van der Waals surface area contributed by atoms with Gasteiger partial charge in [0, 0.05) is 51.1 Å². The molecule has 0 spiro atoms. The Kier molecular flexibility index (Phi) is 6.72. The van der Waals surface area contributed by atoms with Gasteiger partial charge < -0.3 is 0 Å². The summed E-state index contributed by atoms with van der Waals surface area (Å²) in [5.41, 5.74) is 0. The van der Waals surface area contributed by atoms with Gasteiger partial charge in [0.15, 0.2) is 0 Å². The number of hydrogen-bond donors (Lipinski definition) is 0. The van der Waals surface area contributed by atoms with Gasteiger partial charge in [-0.05, 0) is 12.8 Å². The van der Waals surface area contributed by atoms with Crippen LogP contribution in [0.25, 0.3) is 0 Å². The smallest absolute Gasteiger partial charge is 0.0635 e. The van der Waals surface area contributed by atoms with Crippen LogP contribution in [0.1, 0.15) is 39.5 Å². The fraction of sp³-hybridized carbons (Fsp3) is 0.857. The maximum atomic E-state index is 8.72. The zero-order valence-electron chi connectivity index (χ0n) is 11.6. The van der Waals surface area contributed by atoms with Gasteiger partial charge in [0.1, 0.15) is 0 Å². The minimum Gasteiger partial charge on any atom is -0.297 e. The van der Waals surface area contributed by atoms with Gasteiger partial charge in [-0.2, -0.15) is 10.5 Å². The van der Waals surface area contributed by atoms with Crippen LogP contribution in [0, 0.1) is 22.7 Å². The molecule has 2 atom stereocenters. The molecule has 1 heterocycles. The molecule has 0 bridgehead atoms. The Labute approximate surface area is 111 Å². The number of rotatable bonds is 6. The number of piperazine rings is 1. The van der Waals surface area contributed by atoms with E-state index in [-0.39, 0.29) is 0 Å². The Bertz CT molecular complexity index is 283. The van der Waals surface area contributed by atoms with E-state index in [0.717, 1.165) is 39.0 Å². The molecule has 100 valence electrons. The minimum absolute atomic E-state index is 0.542. The predicted octanol–water partition coefficient (Wildman–Crippen LogP) is 1.99. The van der Waals surface area contributed by atoms with Crippen LogP contribution in [0.4, 0.5) is 0 Å². The van der Waals surface area contributed by atoms with Gasteiger partial charge >= 0.3 is 0 Å². The van der Waals surface area contributed by atoms with Crippen molar-refractivity contribution >= 4 is 0 Å². The molecule has 0 aromatic carbocycles. The van der Waals surface area contributed by atoms with E-state index in [1.807, 2.05) is 0 Å². The van der Waals surface area contributed by atoms with Crippen molar-refractivity contribution in [2.24, 2.45) is 0 Å². The maximum Gasteiger partial charge on any atom is 0.0635 e. The van der Waals surface area contributed by atoms with Crippen molar-refractivity contribution in [3.05, 3.63) is 0 Å². The molecule has 4 heteroatoms. The predicted molar refractivity (Wildman–Crippen MR) is 71.8 cm³/mol. The van der Waals surface area contributed by atoms with Crippen molar-refractivity contribution in [3.63, 3.8) is 0 Å². The zero-order valence-corrected chi connectivity index (χ0v) is 11.6. The first-order valence-electron chi connectivity index (χ1n) is 6.98. The molecule has 0 N–H and O–H groups in total. The van der Waals surface area contributed by atoms with Gasteiger partial charge in [-0.25, -0.2) is 0 Å². The SMILES string of the molecule is CC[C@@H]1CN(CCC#N)[C@H](CC)CN1CCC#N. The summed E-state index contributed by atoms with van der Waals surface area (Å²) < 4.78 is 0. The maximum absolute atomic E-state index is 8.72. The molecule has 18 heavy (non-hydrogen) atoms. The monoisotopic (exact) mass is 248 g/mol. The van der Waals surface area contributed by atoms with Crippen LogP contribution in [0.5, 0.6) is 0 Å². The second-order valence-corrected chi connectivity index (χ2v) is 4.93. The van der Waals surface area contributed by atoms with Crippen molar-refractivity contribution in [3.8, 4) is 12.1 Å². The quantitative estimate of drug-likeness (QED) is 0.721. The molecule has 1 rings (SSSR count). The fourth-order valence-corrected chi connectivity index (χ4v) is 2.78. The molecule has 1 aliphatic heterocycles. The summed E-state index contributed by atoms with van der Waals surface area (Å²) in [7, 11) is 0. The van der Waals surface area contributed by atoms with Crippen molar-refractivity contribution in [2.75, 3.05) is 26.2 Å². The molecular formula is C14H24N4. The summed E-state index contributed by atoms with van der Waals surface area (Å²) in [6.45, 7) is 8.27. The van der Waals surface area contributed by atoms with Gasteiger partial charge in [-0.1, -0.05) is 13.8 Å². The topological polar surface area (TPSA) is 54.1 Å². The molecule has 0 saturated carbocycles. The van der Waals surface area contributed by atoms with Crippen LogP contribution in [0.3, 0.4) is 0 Å². The molecule has 1 saturated heterocycles. The van der Waals surface area contributed by atoms with E-state index < -0.39 is 0 Å². The van der Waals surface area contributed by atoms with E-state index in [4.69, 9.17) is 10.5 Å². The van der Waals surface area contributed by atoms with Gasteiger partial charge in [-0.3, -0.25) is 9.80 Å². The summed E-state index contributed by atoms with van der Waals surface area (Å²) in [5, 5.41) is 17.4. The summed E-state index contributed by atoms with van der Waals surface area (Å²) in [4.78, 5) is 4.92. The van der Waals surface area contributed by atoms with Crippen LogP contribution < -0.4 is 0 Å². The highest BCUT2D eigenvalue weighted by molar-refractivity contribution is 4.90.